The molecule has 0 amide bonds. The van der Waals surface area contributed by atoms with Crippen LogP contribution in [-0.2, 0) is 0 Å². The molecule has 1 atom stereocenters. The SMILES string of the molecule is COc1ccccc1Pc1ccccc1F. The third-order valence-corrected chi connectivity index (χ3v) is 3.61. The van der Waals surface area contributed by atoms with Gasteiger partial charge in [-0.2, -0.15) is 0 Å². The molecule has 0 saturated carbocycles. The molecule has 0 saturated heterocycles. The summed E-state index contributed by atoms with van der Waals surface area (Å²) < 4.78 is 18.7. The summed E-state index contributed by atoms with van der Waals surface area (Å²) in [6, 6.07) is 14.5. The molecule has 0 heterocycles. The molecule has 2 aromatic rings. The quantitative estimate of drug-likeness (QED) is 0.741. The number of hydrogen-bond donors (Lipinski definition) is 0. The number of ether oxygens (including phenoxy) is 1. The maximum absolute atomic E-state index is 13.5. The van der Waals surface area contributed by atoms with Gasteiger partial charge in [-0.25, -0.2) is 4.39 Å². The maximum Gasteiger partial charge on any atom is 0.130 e. The molecule has 0 bridgehead atoms. The van der Waals surface area contributed by atoms with E-state index in [4.69, 9.17) is 4.74 Å². The molecule has 0 aliphatic rings. The average molecular weight is 234 g/mol. The van der Waals surface area contributed by atoms with E-state index >= 15 is 0 Å². The summed E-state index contributed by atoms with van der Waals surface area (Å²) in [6.45, 7) is 0. The molecule has 0 N–H and O–H groups in total. The van der Waals surface area contributed by atoms with Gasteiger partial charge in [-0.05, 0) is 12.1 Å². The predicted molar refractivity (Wildman–Crippen MR) is 67.0 cm³/mol. The van der Waals surface area contributed by atoms with Crippen LogP contribution in [0, 0.1) is 5.82 Å². The van der Waals surface area contributed by atoms with E-state index in [1.54, 1.807) is 19.2 Å². The Hall–Kier alpha value is -1.40. The summed E-state index contributed by atoms with van der Waals surface area (Å²) in [5, 5.41) is 1.74. The molecule has 82 valence electrons. The van der Waals surface area contributed by atoms with Gasteiger partial charge in [0.05, 0.1) is 7.11 Å². The van der Waals surface area contributed by atoms with Crippen LogP contribution < -0.4 is 15.3 Å². The van der Waals surface area contributed by atoms with E-state index in [0.29, 0.717) is 5.30 Å². The first kappa shape index (κ1) is 11.1. The van der Waals surface area contributed by atoms with Crippen molar-refractivity contribution >= 4 is 19.2 Å². The normalized spacial score (nSPS) is 10.9. The van der Waals surface area contributed by atoms with Gasteiger partial charge in [-0.1, -0.05) is 45.0 Å². The van der Waals surface area contributed by atoms with Gasteiger partial charge in [0.15, 0.2) is 0 Å². The lowest BCUT2D eigenvalue weighted by Crippen LogP contribution is -2.09. The van der Waals surface area contributed by atoms with Gasteiger partial charge in [-0.3, -0.25) is 0 Å². The second kappa shape index (κ2) is 5.09. The molecule has 1 unspecified atom stereocenters. The summed E-state index contributed by atoms with van der Waals surface area (Å²) in [4.78, 5) is 0. The van der Waals surface area contributed by atoms with E-state index in [1.165, 1.54) is 6.07 Å². The zero-order chi connectivity index (χ0) is 11.4. The molecular formula is C13H12FOP. The molecular weight excluding hydrogens is 222 g/mol. The molecule has 0 spiro atoms. The smallest absolute Gasteiger partial charge is 0.130 e. The van der Waals surface area contributed by atoms with E-state index in [9.17, 15) is 4.39 Å². The van der Waals surface area contributed by atoms with Gasteiger partial charge in [0, 0.05) is 10.6 Å². The van der Waals surface area contributed by atoms with Crippen molar-refractivity contribution < 1.29 is 9.13 Å². The molecule has 1 nitrogen and oxygen atoms in total. The molecule has 0 aliphatic heterocycles. The summed E-state index contributed by atoms with van der Waals surface area (Å²) in [5.74, 6) is 0.649. The van der Waals surface area contributed by atoms with E-state index < -0.39 is 0 Å². The average Bonchev–Trinajstić information content (AvgIpc) is 2.33. The lowest BCUT2D eigenvalue weighted by Gasteiger charge is -2.08. The van der Waals surface area contributed by atoms with Gasteiger partial charge in [0.1, 0.15) is 11.6 Å². The highest BCUT2D eigenvalue weighted by Crippen LogP contribution is 2.19. The van der Waals surface area contributed by atoms with Gasteiger partial charge >= 0.3 is 0 Å². The Bertz CT molecular complexity index is 485. The fourth-order valence-corrected chi connectivity index (χ4v) is 2.62. The first-order valence-electron chi connectivity index (χ1n) is 4.96. The Labute approximate surface area is 96.0 Å². The van der Waals surface area contributed by atoms with Crippen LogP contribution in [0.4, 0.5) is 4.39 Å². The molecule has 0 radical (unpaired) electrons. The zero-order valence-electron chi connectivity index (χ0n) is 8.91. The van der Waals surface area contributed by atoms with E-state index in [-0.39, 0.29) is 14.4 Å². The molecule has 0 aliphatic carbocycles. The fourth-order valence-electron chi connectivity index (χ4n) is 1.46. The summed E-state index contributed by atoms with van der Waals surface area (Å²) in [7, 11) is 1.91. The Kier molecular flexibility index (Phi) is 3.53. The van der Waals surface area contributed by atoms with Crippen LogP contribution in [0.3, 0.4) is 0 Å². The number of methoxy groups -OCH3 is 1. The fraction of sp³-hybridized carbons (Fsp3) is 0.0769. The van der Waals surface area contributed by atoms with Crippen LogP contribution in [0.25, 0.3) is 0 Å². The Morgan fingerprint density at radius 3 is 2.25 bits per heavy atom. The minimum atomic E-state index is -0.160. The van der Waals surface area contributed by atoms with Crippen LogP contribution in [-0.4, -0.2) is 7.11 Å². The maximum atomic E-state index is 13.5. The highest BCUT2D eigenvalue weighted by molar-refractivity contribution is 7.55. The Balaban J connectivity index is 2.30. The summed E-state index contributed by atoms with van der Waals surface area (Å²) >= 11 is 0. The first-order chi connectivity index (χ1) is 7.81. The van der Waals surface area contributed by atoms with Gasteiger partial charge in [-0.15, -0.1) is 0 Å². The van der Waals surface area contributed by atoms with E-state index in [2.05, 4.69) is 0 Å². The van der Waals surface area contributed by atoms with Crippen molar-refractivity contribution in [2.45, 2.75) is 0 Å². The topological polar surface area (TPSA) is 9.23 Å². The van der Waals surface area contributed by atoms with E-state index in [1.807, 2.05) is 30.3 Å². The third kappa shape index (κ3) is 2.40. The number of hydrogen-bond acceptors (Lipinski definition) is 1. The first-order valence-corrected chi connectivity index (χ1v) is 5.96. The lowest BCUT2D eigenvalue weighted by molar-refractivity contribution is 0.418. The monoisotopic (exact) mass is 234 g/mol. The third-order valence-electron chi connectivity index (χ3n) is 2.25. The highest BCUT2D eigenvalue weighted by Gasteiger charge is 2.05. The Morgan fingerprint density at radius 2 is 1.56 bits per heavy atom. The van der Waals surface area contributed by atoms with Crippen molar-refractivity contribution in [1.82, 2.24) is 0 Å². The van der Waals surface area contributed by atoms with Gasteiger partial charge < -0.3 is 4.74 Å². The molecule has 2 rings (SSSR count). The lowest BCUT2D eigenvalue weighted by atomic mass is 10.3. The zero-order valence-corrected chi connectivity index (χ0v) is 9.91. The number of rotatable bonds is 3. The van der Waals surface area contributed by atoms with Crippen molar-refractivity contribution in [2.24, 2.45) is 0 Å². The van der Waals surface area contributed by atoms with Gasteiger partial charge in [0.25, 0.3) is 0 Å². The minimum absolute atomic E-state index is 0.160. The summed E-state index contributed by atoms with van der Waals surface area (Å²) in [5.41, 5.74) is 0. The standard InChI is InChI=1S/C13H12FOP/c1-15-11-7-3-5-9-13(11)16-12-8-4-2-6-10(12)14/h2-9,16H,1H3. The van der Waals surface area contributed by atoms with Crippen LogP contribution in [0.2, 0.25) is 0 Å². The number of benzene rings is 2. The van der Waals surface area contributed by atoms with Crippen LogP contribution in [0.5, 0.6) is 5.75 Å². The molecule has 0 fully saturated rings. The van der Waals surface area contributed by atoms with Crippen LogP contribution >= 0.6 is 8.58 Å². The molecule has 2 aromatic carbocycles. The molecule has 3 heteroatoms. The van der Waals surface area contributed by atoms with Gasteiger partial charge in [0.2, 0.25) is 0 Å². The number of para-hydroxylation sites is 1. The van der Waals surface area contributed by atoms with Crippen LogP contribution in [0.15, 0.2) is 48.5 Å². The minimum Gasteiger partial charge on any atom is -0.496 e. The molecule has 0 aromatic heterocycles. The Morgan fingerprint density at radius 1 is 0.938 bits per heavy atom. The molecule has 16 heavy (non-hydrogen) atoms. The largest absolute Gasteiger partial charge is 0.496 e. The second-order valence-electron chi connectivity index (χ2n) is 3.31. The van der Waals surface area contributed by atoms with Crippen molar-refractivity contribution in [1.29, 1.82) is 0 Å². The highest BCUT2D eigenvalue weighted by atomic mass is 31.1. The second-order valence-corrected chi connectivity index (χ2v) is 4.63. The summed E-state index contributed by atoms with van der Waals surface area (Å²) in [6.07, 6.45) is 0. The van der Waals surface area contributed by atoms with Crippen molar-refractivity contribution in [2.75, 3.05) is 7.11 Å². The van der Waals surface area contributed by atoms with Crippen LogP contribution in [0.1, 0.15) is 0 Å². The van der Waals surface area contributed by atoms with Crippen molar-refractivity contribution in [3.05, 3.63) is 54.3 Å². The van der Waals surface area contributed by atoms with Crippen molar-refractivity contribution in [3.63, 3.8) is 0 Å². The van der Waals surface area contributed by atoms with Crippen molar-refractivity contribution in [3.8, 4) is 5.75 Å². The van der Waals surface area contributed by atoms with E-state index in [0.717, 1.165) is 11.1 Å². The number of halogens is 1. The predicted octanol–water partition coefficient (Wildman–Crippen LogP) is 2.46.